The molecule has 5 heteroatoms. The number of nitrogen functional groups attached to an aromatic ring is 1. The van der Waals surface area contributed by atoms with Gasteiger partial charge in [-0.25, -0.2) is 0 Å². The van der Waals surface area contributed by atoms with Crippen molar-refractivity contribution in [1.29, 1.82) is 0 Å². The van der Waals surface area contributed by atoms with E-state index < -0.39 is 0 Å². The molecule has 4 rings (SSSR count). The maximum atomic E-state index is 6.33. The van der Waals surface area contributed by atoms with Crippen molar-refractivity contribution in [2.75, 3.05) is 5.73 Å². The molecule has 1 aromatic heterocycles. The zero-order valence-corrected chi connectivity index (χ0v) is 12.4. The summed E-state index contributed by atoms with van der Waals surface area (Å²) in [4.78, 5) is 0. The molecule has 0 saturated heterocycles. The summed E-state index contributed by atoms with van der Waals surface area (Å²) in [6.45, 7) is 0. The Morgan fingerprint density at radius 1 is 1.05 bits per heavy atom. The van der Waals surface area contributed by atoms with Crippen molar-refractivity contribution in [3.8, 4) is 11.1 Å². The number of aromatic nitrogens is 2. The van der Waals surface area contributed by atoms with Gasteiger partial charge in [0.2, 0.25) is 0 Å². The van der Waals surface area contributed by atoms with Gasteiger partial charge in [-0.05, 0) is 43.2 Å². The first-order valence-corrected chi connectivity index (χ1v) is 7.69. The fourth-order valence-corrected chi connectivity index (χ4v) is 4.20. The monoisotopic (exact) mass is 307 g/mol. The average Bonchev–Trinajstić information content (AvgIpc) is 2.84. The lowest BCUT2D eigenvalue weighted by atomic mass is 9.93. The Hall–Kier alpha value is -1.19. The van der Waals surface area contributed by atoms with Gasteiger partial charge in [0.25, 0.3) is 0 Å². The fraction of sp³-hybridized carbons (Fsp3) is 0.400. The summed E-state index contributed by atoms with van der Waals surface area (Å²) < 4.78 is 0. The maximum absolute atomic E-state index is 6.33. The topological polar surface area (TPSA) is 54.7 Å². The molecule has 3 nitrogen and oxygen atoms in total. The van der Waals surface area contributed by atoms with Crippen LogP contribution in [0.4, 0.5) is 5.82 Å². The third-order valence-electron chi connectivity index (χ3n) is 4.69. The van der Waals surface area contributed by atoms with E-state index in [0.717, 1.165) is 28.7 Å². The van der Waals surface area contributed by atoms with Crippen LogP contribution in [0.3, 0.4) is 0 Å². The van der Waals surface area contributed by atoms with Crippen LogP contribution >= 0.6 is 23.2 Å². The van der Waals surface area contributed by atoms with Crippen molar-refractivity contribution >= 4 is 29.0 Å². The van der Waals surface area contributed by atoms with E-state index >= 15 is 0 Å². The first-order chi connectivity index (χ1) is 9.65. The highest BCUT2D eigenvalue weighted by Gasteiger charge is 2.47. The predicted octanol–water partition coefficient (Wildman–Crippen LogP) is 4.48. The van der Waals surface area contributed by atoms with Crippen molar-refractivity contribution in [2.45, 2.75) is 25.2 Å². The van der Waals surface area contributed by atoms with Gasteiger partial charge in [-0.15, -0.1) is 0 Å². The predicted molar refractivity (Wildman–Crippen MR) is 82.0 cm³/mol. The summed E-state index contributed by atoms with van der Waals surface area (Å²) in [6.07, 6.45) is 3.84. The summed E-state index contributed by atoms with van der Waals surface area (Å²) in [5.74, 6) is 2.79. The summed E-state index contributed by atoms with van der Waals surface area (Å²) in [7, 11) is 0. The van der Waals surface area contributed by atoms with E-state index in [1.165, 1.54) is 19.3 Å². The highest BCUT2D eigenvalue weighted by Crippen LogP contribution is 2.58. The molecule has 2 aliphatic rings. The summed E-state index contributed by atoms with van der Waals surface area (Å²) >= 11 is 12.7. The van der Waals surface area contributed by atoms with Crippen LogP contribution in [0.5, 0.6) is 0 Å². The molecule has 1 heterocycles. The number of fused-ring (bicyclic) bond motifs is 1. The van der Waals surface area contributed by atoms with Crippen LogP contribution in [-0.2, 0) is 0 Å². The van der Waals surface area contributed by atoms with E-state index in [4.69, 9.17) is 28.9 Å². The number of rotatable bonds is 2. The second-order valence-electron chi connectivity index (χ2n) is 5.92. The normalized spacial score (nSPS) is 27.6. The molecule has 0 radical (unpaired) electrons. The van der Waals surface area contributed by atoms with Gasteiger partial charge in [0.1, 0.15) is 0 Å². The fourth-order valence-electron chi connectivity index (χ4n) is 3.62. The van der Waals surface area contributed by atoms with Gasteiger partial charge in [-0.2, -0.15) is 5.10 Å². The Morgan fingerprint density at radius 3 is 2.35 bits per heavy atom. The molecule has 0 aliphatic heterocycles. The number of anilines is 1. The second-order valence-corrected chi connectivity index (χ2v) is 6.73. The number of benzene rings is 1. The van der Waals surface area contributed by atoms with Crippen LogP contribution in [0.1, 0.15) is 30.9 Å². The summed E-state index contributed by atoms with van der Waals surface area (Å²) in [5, 5.41) is 8.55. The van der Waals surface area contributed by atoms with Crippen LogP contribution in [0.15, 0.2) is 18.2 Å². The summed E-state index contributed by atoms with van der Waals surface area (Å²) in [6, 6.07) is 5.52. The SMILES string of the molecule is Nc1n[nH]c(C2CC3CC3C2)c1-c1c(Cl)cccc1Cl. The lowest BCUT2D eigenvalue weighted by Gasteiger charge is -2.14. The zero-order valence-electron chi connectivity index (χ0n) is 10.9. The van der Waals surface area contributed by atoms with Crippen LogP contribution < -0.4 is 5.73 Å². The number of hydrogen-bond donors (Lipinski definition) is 2. The van der Waals surface area contributed by atoms with Gasteiger partial charge in [0.15, 0.2) is 5.82 Å². The van der Waals surface area contributed by atoms with Crippen molar-refractivity contribution in [3.63, 3.8) is 0 Å². The third-order valence-corrected chi connectivity index (χ3v) is 5.32. The van der Waals surface area contributed by atoms with Gasteiger partial charge in [-0.1, -0.05) is 29.3 Å². The van der Waals surface area contributed by atoms with Crippen LogP contribution in [0, 0.1) is 11.8 Å². The number of nitrogens with one attached hydrogen (secondary N) is 1. The molecular formula is C15H15Cl2N3. The number of H-pyrrole nitrogens is 1. The molecule has 2 atom stereocenters. The summed E-state index contributed by atoms with van der Waals surface area (Å²) in [5.41, 5.74) is 8.87. The number of nitrogens with zero attached hydrogens (tertiary/aromatic N) is 1. The quantitative estimate of drug-likeness (QED) is 0.859. The van der Waals surface area contributed by atoms with Crippen LogP contribution in [0.2, 0.25) is 10.0 Å². The van der Waals surface area contributed by atoms with Crippen molar-refractivity contribution < 1.29 is 0 Å². The number of aromatic amines is 1. The molecule has 0 amide bonds. The first-order valence-electron chi connectivity index (χ1n) is 6.93. The molecule has 2 saturated carbocycles. The van der Waals surface area contributed by atoms with Crippen molar-refractivity contribution in [3.05, 3.63) is 33.9 Å². The molecule has 0 bridgehead atoms. The van der Waals surface area contributed by atoms with E-state index in [1.54, 1.807) is 0 Å². The molecule has 0 spiro atoms. The van der Waals surface area contributed by atoms with Gasteiger partial charge in [0, 0.05) is 22.7 Å². The molecular weight excluding hydrogens is 293 g/mol. The van der Waals surface area contributed by atoms with Gasteiger partial charge in [0.05, 0.1) is 10.0 Å². The van der Waals surface area contributed by atoms with E-state index in [0.29, 0.717) is 21.8 Å². The van der Waals surface area contributed by atoms with E-state index in [2.05, 4.69) is 10.2 Å². The Kier molecular flexibility index (Phi) is 2.76. The van der Waals surface area contributed by atoms with Crippen molar-refractivity contribution in [1.82, 2.24) is 10.2 Å². The average molecular weight is 308 g/mol. The minimum atomic E-state index is 0.482. The standard InChI is InChI=1S/C15H15Cl2N3/c16-10-2-1-3-11(17)12(10)13-14(19-20-15(13)18)9-5-7-4-8(7)6-9/h1-3,7-9H,4-6H2,(H3,18,19,20). The Bertz CT molecular complexity index is 650. The molecule has 2 aromatic rings. The molecule has 2 fully saturated rings. The second kappa shape index (κ2) is 4.40. The van der Waals surface area contributed by atoms with Gasteiger partial charge < -0.3 is 5.73 Å². The highest BCUT2D eigenvalue weighted by molar-refractivity contribution is 6.39. The lowest BCUT2D eigenvalue weighted by Crippen LogP contribution is -2.00. The Labute approximate surface area is 127 Å². The van der Waals surface area contributed by atoms with Gasteiger partial charge in [-0.3, -0.25) is 5.10 Å². The zero-order chi connectivity index (χ0) is 13.9. The van der Waals surface area contributed by atoms with E-state index in [9.17, 15) is 0 Å². The molecule has 20 heavy (non-hydrogen) atoms. The number of halogens is 2. The van der Waals surface area contributed by atoms with Crippen molar-refractivity contribution in [2.24, 2.45) is 11.8 Å². The first kappa shape index (κ1) is 12.5. The molecule has 1 aromatic carbocycles. The Morgan fingerprint density at radius 2 is 1.70 bits per heavy atom. The largest absolute Gasteiger partial charge is 0.382 e. The lowest BCUT2D eigenvalue weighted by molar-refractivity contribution is 0.607. The Balaban J connectivity index is 1.83. The van der Waals surface area contributed by atoms with Crippen LogP contribution in [0.25, 0.3) is 11.1 Å². The molecule has 2 unspecified atom stereocenters. The minimum Gasteiger partial charge on any atom is -0.382 e. The maximum Gasteiger partial charge on any atom is 0.153 e. The van der Waals surface area contributed by atoms with Gasteiger partial charge >= 0.3 is 0 Å². The number of nitrogens with two attached hydrogens (primary N) is 1. The third kappa shape index (κ3) is 1.84. The molecule has 2 aliphatic carbocycles. The number of hydrogen-bond acceptors (Lipinski definition) is 2. The molecule has 3 N–H and O–H groups in total. The molecule has 104 valence electrons. The highest BCUT2D eigenvalue weighted by atomic mass is 35.5. The van der Waals surface area contributed by atoms with Crippen LogP contribution in [-0.4, -0.2) is 10.2 Å². The van der Waals surface area contributed by atoms with E-state index in [-0.39, 0.29) is 0 Å². The smallest absolute Gasteiger partial charge is 0.153 e. The minimum absolute atomic E-state index is 0.482. The van der Waals surface area contributed by atoms with E-state index in [1.807, 2.05) is 18.2 Å².